The third-order valence-electron chi connectivity index (χ3n) is 7.85. The van der Waals surface area contributed by atoms with Crippen molar-refractivity contribution in [1.29, 1.82) is 0 Å². The van der Waals surface area contributed by atoms with Crippen LogP contribution in [0.3, 0.4) is 0 Å². The zero-order valence-corrected chi connectivity index (χ0v) is 21.9. The molecule has 0 bridgehead atoms. The largest absolute Gasteiger partial charge is 0.391 e. The smallest absolute Gasteiger partial charge is 0.243 e. The first kappa shape index (κ1) is 25.2. The van der Waals surface area contributed by atoms with Gasteiger partial charge in [-0.15, -0.1) is 0 Å². The minimum atomic E-state index is -3.79. The summed E-state index contributed by atoms with van der Waals surface area (Å²) in [7, 11) is -2.15. The van der Waals surface area contributed by atoms with Gasteiger partial charge in [0, 0.05) is 51.0 Å². The standard InChI is InChI=1S/C27H30FN5O4S/c1-37-18-27-14-19-15-30-33(22-4-2-21(28)3-5-22)25(19)12-20(27)7-11-32(17-27)38(35,36)24-6-9-29-26(13-24)31-10-8-23(34)16-31/h2-6,9,12-13,15,23,34H,7-8,10-11,14,16-18H2,1H3. The second kappa shape index (κ2) is 9.57. The number of halogens is 1. The zero-order valence-electron chi connectivity index (χ0n) is 21.1. The fourth-order valence-electron chi connectivity index (χ4n) is 5.93. The number of hydrogen-bond acceptors (Lipinski definition) is 7. The lowest BCUT2D eigenvalue weighted by Crippen LogP contribution is -2.51. The summed E-state index contributed by atoms with van der Waals surface area (Å²) in [6.07, 6.45) is 6.78. The van der Waals surface area contributed by atoms with Crippen molar-refractivity contribution in [2.75, 3.05) is 44.8 Å². The molecule has 2 saturated heterocycles. The summed E-state index contributed by atoms with van der Waals surface area (Å²) in [5.41, 5.74) is 3.30. The predicted molar refractivity (Wildman–Crippen MR) is 140 cm³/mol. The number of fused-ring (bicyclic) bond motifs is 2. The van der Waals surface area contributed by atoms with Crippen LogP contribution in [-0.4, -0.2) is 78.6 Å². The van der Waals surface area contributed by atoms with E-state index in [4.69, 9.17) is 4.74 Å². The van der Waals surface area contributed by atoms with Gasteiger partial charge < -0.3 is 14.7 Å². The van der Waals surface area contributed by atoms with Crippen LogP contribution in [0.15, 0.2) is 59.3 Å². The van der Waals surface area contributed by atoms with Gasteiger partial charge in [-0.2, -0.15) is 9.40 Å². The molecule has 0 saturated carbocycles. The van der Waals surface area contributed by atoms with Gasteiger partial charge in [0.05, 0.1) is 35.2 Å². The van der Waals surface area contributed by atoms with E-state index in [1.54, 1.807) is 40.5 Å². The number of anilines is 1. The number of benzene rings is 1. The Labute approximate surface area is 221 Å². The van der Waals surface area contributed by atoms with Gasteiger partial charge in [0.1, 0.15) is 11.6 Å². The molecule has 3 aliphatic rings. The van der Waals surface area contributed by atoms with Gasteiger partial charge >= 0.3 is 0 Å². The molecule has 2 fully saturated rings. The quantitative estimate of drug-likeness (QED) is 0.514. The number of piperidine rings is 1. The number of methoxy groups -OCH3 is 1. The number of aromatic nitrogens is 3. The lowest BCUT2D eigenvalue weighted by atomic mass is 9.69. The minimum absolute atomic E-state index is 0.199. The minimum Gasteiger partial charge on any atom is -0.391 e. The van der Waals surface area contributed by atoms with E-state index in [0.717, 1.165) is 22.5 Å². The molecule has 9 nitrogen and oxygen atoms in total. The Morgan fingerprint density at radius 3 is 2.76 bits per heavy atom. The normalized spacial score (nSPS) is 23.7. The summed E-state index contributed by atoms with van der Waals surface area (Å²) >= 11 is 0. The maximum atomic E-state index is 13.8. The van der Waals surface area contributed by atoms with Crippen molar-refractivity contribution >= 4 is 21.9 Å². The number of aliphatic hydroxyl groups is 1. The van der Waals surface area contributed by atoms with Crippen LogP contribution in [0.5, 0.6) is 0 Å². The molecular weight excluding hydrogens is 509 g/mol. The number of ether oxygens (including phenoxy) is 1. The highest BCUT2D eigenvalue weighted by Gasteiger charge is 2.46. The van der Waals surface area contributed by atoms with Crippen molar-refractivity contribution in [3.63, 3.8) is 0 Å². The van der Waals surface area contributed by atoms with Crippen LogP contribution in [0.25, 0.3) is 11.8 Å². The molecule has 6 rings (SSSR count). The van der Waals surface area contributed by atoms with Gasteiger partial charge in [-0.05, 0) is 61.2 Å². The molecule has 0 spiro atoms. The molecule has 2 atom stereocenters. The maximum absolute atomic E-state index is 13.8. The van der Waals surface area contributed by atoms with Gasteiger partial charge in [-0.25, -0.2) is 22.5 Å². The fourth-order valence-corrected chi connectivity index (χ4v) is 7.46. The first-order valence-corrected chi connectivity index (χ1v) is 14.2. The van der Waals surface area contributed by atoms with E-state index in [9.17, 15) is 17.9 Å². The predicted octanol–water partition coefficient (Wildman–Crippen LogP) is 2.64. The third-order valence-corrected chi connectivity index (χ3v) is 9.69. The van der Waals surface area contributed by atoms with E-state index >= 15 is 0 Å². The van der Waals surface area contributed by atoms with Crippen molar-refractivity contribution in [2.24, 2.45) is 5.41 Å². The summed E-state index contributed by atoms with van der Waals surface area (Å²) < 4.78 is 50.1. The lowest BCUT2D eigenvalue weighted by molar-refractivity contribution is 0.0733. The number of sulfonamides is 1. The van der Waals surface area contributed by atoms with Crippen LogP contribution in [0.2, 0.25) is 0 Å². The van der Waals surface area contributed by atoms with Crippen LogP contribution in [0, 0.1) is 11.2 Å². The molecule has 4 heterocycles. The average Bonchev–Trinajstić information content (AvgIpc) is 3.53. The fraction of sp³-hybridized carbons (Fsp3) is 0.407. The molecule has 2 aliphatic heterocycles. The van der Waals surface area contributed by atoms with Crippen LogP contribution < -0.4 is 4.90 Å². The number of nitrogens with zero attached hydrogens (tertiary/aromatic N) is 5. The van der Waals surface area contributed by atoms with Crippen LogP contribution in [0.1, 0.15) is 24.1 Å². The Kier molecular flexibility index (Phi) is 6.34. The van der Waals surface area contributed by atoms with Crippen molar-refractivity contribution in [2.45, 2.75) is 30.3 Å². The Balaban J connectivity index is 1.30. The van der Waals surface area contributed by atoms with E-state index in [1.165, 1.54) is 24.4 Å². The highest BCUT2D eigenvalue weighted by molar-refractivity contribution is 7.89. The van der Waals surface area contributed by atoms with Gasteiger partial charge in [0.25, 0.3) is 0 Å². The zero-order chi connectivity index (χ0) is 26.5. The molecule has 3 aromatic rings. The number of β-amino-alcohol motifs (C(OH)–C–C–N with tert-alkyl or cyclic N) is 1. The van der Waals surface area contributed by atoms with Crippen LogP contribution in [-0.2, 0) is 21.2 Å². The first-order valence-electron chi connectivity index (χ1n) is 12.7. The third kappa shape index (κ3) is 4.33. The van der Waals surface area contributed by atoms with Crippen LogP contribution in [0.4, 0.5) is 10.2 Å². The molecule has 1 aliphatic carbocycles. The molecule has 2 unspecified atom stereocenters. The second-order valence-corrected chi connectivity index (χ2v) is 12.3. The molecular formula is C27H30FN5O4S. The summed E-state index contributed by atoms with van der Waals surface area (Å²) in [6.45, 7) is 2.09. The SMILES string of the molecule is COCC12Cc3cnn(-c4ccc(F)cc4)c3C=C1CCN(S(=O)(=O)c1ccnc(N3CCC(O)C3)c1)C2. The molecule has 11 heteroatoms. The highest BCUT2D eigenvalue weighted by atomic mass is 32.2. The Morgan fingerprint density at radius 2 is 2.03 bits per heavy atom. The van der Waals surface area contributed by atoms with Crippen LogP contribution >= 0.6 is 0 Å². The molecule has 200 valence electrons. The highest BCUT2D eigenvalue weighted by Crippen LogP contribution is 2.45. The summed E-state index contributed by atoms with van der Waals surface area (Å²) in [6, 6.07) is 9.35. The van der Waals surface area contributed by atoms with Gasteiger partial charge in [0.15, 0.2) is 0 Å². The maximum Gasteiger partial charge on any atom is 0.243 e. The number of hydrogen-bond donors (Lipinski definition) is 1. The van der Waals surface area contributed by atoms with Crippen molar-refractivity contribution in [3.8, 4) is 5.69 Å². The molecule has 38 heavy (non-hydrogen) atoms. The molecule has 0 radical (unpaired) electrons. The molecule has 0 amide bonds. The van der Waals surface area contributed by atoms with Gasteiger partial charge in [0.2, 0.25) is 10.0 Å². The summed E-state index contributed by atoms with van der Waals surface area (Å²) in [4.78, 5) is 6.46. The summed E-state index contributed by atoms with van der Waals surface area (Å²) in [5, 5.41) is 14.5. The van der Waals surface area contributed by atoms with E-state index < -0.39 is 21.5 Å². The lowest BCUT2D eigenvalue weighted by Gasteiger charge is -2.45. The molecule has 2 aromatic heterocycles. The molecule has 1 aromatic carbocycles. The summed E-state index contributed by atoms with van der Waals surface area (Å²) in [5.74, 6) is 0.252. The Hall–Kier alpha value is -3.12. The Morgan fingerprint density at radius 1 is 1.21 bits per heavy atom. The van der Waals surface area contributed by atoms with E-state index in [-0.39, 0.29) is 17.3 Å². The average molecular weight is 540 g/mol. The molecule has 1 N–H and O–H groups in total. The van der Waals surface area contributed by atoms with Crippen molar-refractivity contribution in [3.05, 3.63) is 71.4 Å². The van der Waals surface area contributed by atoms with Crippen molar-refractivity contribution in [1.82, 2.24) is 19.1 Å². The first-order chi connectivity index (χ1) is 18.3. The van der Waals surface area contributed by atoms with E-state index in [2.05, 4.69) is 16.2 Å². The topological polar surface area (TPSA) is 101 Å². The number of aliphatic hydroxyl groups excluding tert-OH is 1. The van der Waals surface area contributed by atoms with E-state index in [1.807, 2.05) is 4.90 Å². The number of pyridine rings is 1. The Bertz CT molecular complexity index is 1490. The van der Waals surface area contributed by atoms with Gasteiger partial charge in [-0.3, -0.25) is 0 Å². The van der Waals surface area contributed by atoms with E-state index in [0.29, 0.717) is 51.3 Å². The van der Waals surface area contributed by atoms with Gasteiger partial charge in [-0.1, -0.05) is 5.57 Å². The number of rotatable bonds is 6. The second-order valence-electron chi connectivity index (χ2n) is 10.3. The van der Waals surface area contributed by atoms with Crippen molar-refractivity contribution < 1.29 is 22.7 Å². The monoisotopic (exact) mass is 539 g/mol.